The average Bonchev–Trinajstić information content (AvgIpc) is 2.76. The first-order valence-electron chi connectivity index (χ1n) is 10.9. The highest BCUT2D eigenvalue weighted by Gasteiger charge is 2.27. The predicted molar refractivity (Wildman–Crippen MR) is 116 cm³/mol. The summed E-state index contributed by atoms with van der Waals surface area (Å²) >= 11 is 0. The summed E-state index contributed by atoms with van der Waals surface area (Å²) < 4.78 is 37.8. The lowest BCUT2D eigenvalue weighted by atomic mass is 9.87. The van der Waals surface area contributed by atoms with Crippen LogP contribution in [0.1, 0.15) is 56.1 Å². The predicted octanol–water partition coefficient (Wildman–Crippen LogP) is 2.87. The SMILES string of the molecule is COc1cc2c(cc1OC)CN(S(=O)(=O)CCCNC(=O)CC1CCCCC1)CC2. The molecule has 1 saturated carbocycles. The maximum atomic E-state index is 12.8. The summed E-state index contributed by atoms with van der Waals surface area (Å²) in [4.78, 5) is 12.1. The lowest BCUT2D eigenvalue weighted by molar-refractivity contribution is -0.122. The molecule has 1 aliphatic carbocycles. The van der Waals surface area contributed by atoms with Crippen LogP contribution in [0.5, 0.6) is 11.5 Å². The molecule has 0 spiro atoms. The number of carbonyl (C=O) groups excluding carboxylic acids is 1. The number of sulfonamides is 1. The van der Waals surface area contributed by atoms with Gasteiger partial charge in [0.05, 0.1) is 20.0 Å². The summed E-state index contributed by atoms with van der Waals surface area (Å²) in [6.45, 7) is 1.20. The Morgan fingerprint density at radius 2 is 1.77 bits per heavy atom. The second-order valence-electron chi connectivity index (χ2n) is 8.29. The van der Waals surface area contributed by atoms with E-state index in [0.717, 1.165) is 24.0 Å². The first-order valence-corrected chi connectivity index (χ1v) is 12.5. The van der Waals surface area contributed by atoms with Crippen molar-refractivity contribution in [3.63, 3.8) is 0 Å². The van der Waals surface area contributed by atoms with E-state index in [4.69, 9.17) is 9.47 Å². The number of methoxy groups -OCH3 is 2. The van der Waals surface area contributed by atoms with Crippen LogP contribution in [-0.4, -0.2) is 51.7 Å². The molecule has 0 saturated heterocycles. The van der Waals surface area contributed by atoms with Crippen molar-refractivity contribution in [2.45, 2.75) is 57.9 Å². The number of fused-ring (bicyclic) bond motifs is 1. The lowest BCUT2D eigenvalue weighted by Crippen LogP contribution is -2.38. The molecule has 0 bridgehead atoms. The van der Waals surface area contributed by atoms with Crippen molar-refractivity contribution < 1.29 is 22.7 Å². The third-order valence-electron chi connectivity index (χ3n) is 6.18. The fourth-order valence-corrected chi connectivity index (χ4v) is 5.90. The minimum Gasteiger partial charge on any atom is -0.493 e. The Kier molecular flexibility index (Phi) is 7.99. The van der Waals surface area contributed by atoms with Crippen molar-refractivity contribution in [3.8, 4) is 11.5 Å². The monoisotopic (exact) mass is 438 g/mol. The van der Waals surface area contributed by atoms with Crippen molar-refractivity contribution in [1.29, 1.82) is 0 Å². The zero-order valence-electron chi connectivity index (χ0n) is 18.1. The second-order valence-corrected chi connectivity index (χ2v) is 10.4. The van der Waals surface area contributed by atoms with Crippen LogP contribution in [0, 0.1) is 5.92 Å². The molecule has 1 N–H and O–H groups in total. The summed E-state index contributed by atoms with van der Waals surface area (Å²) in [5.41, 5.74) is 2.04. The van der Waals surface area contributed by atoms with E-state index in [1.807, 2.05) is 12.1 Å². The molecule has 1 heterocycles. The van der Waals surface area contributed by atoms with Crippen LogP contribution in [0.15, 0.2) is 12.1 Å². The number of nitrogens with zero attached hydrogens (tertiary/aromatic N) is 1. The van der Waals surface area contributed by atoms with Crippen LogP contribution in [-0.2, 0) is 27.8 Å². The Hall–Kier alpha value is -1.80. The van der Waals surface area contributed by atoms with Gasteiger partial charge in [0.25, 0.3) is 0 Å². The van der Waals surface area contributed by atoms with Gasteiger partial charge in [-0.15, -0.1) is 0 Å². The highest BCUT2D eigenvalue weighted by molar-refractivity contribution is 7.89. The molecular weight excluding hydrogens is 404 g/mol. The maximum absolute atomic E-state index is 12.8. The van der Waals surface area contributed by atoms with Crippen molar-refractivity contribution in [2.24, 2.45) is 5.92 Å². The Labute approximate surface area is 180 Å². The fraction of sp³-hybridized carbons (Fsp3) is 0.682. The van der Waals surface area contributed by atoms with E-state index in [0.29, 0.717) is 56.3 Å². The largest absolute Gasteiger partial charge is 0.493 e. The number of amides is 1. The fourth-order valence-electron chi connectivity index (χ4n) is 4.43. The van der Waals surface area contributed by atoms with Gasteiger partial charge >= 0.3 is 0 Å². The van der Waals surface area contributed by atoms with Crippen LogP contribution >= 0.6 is 0 Å². The molecule has 0 radical (unpaired) electrons. The Balaban J connectivity index is 1.47. The highest BCUT2D eigenvalue weighted by atomic mass is 32.2. The third-order valence-corrected chi connectivity index (χ3v) is 8.08. The van der Waals surface area contributed by atoms with Gasteiger partial charge in [-0.1, -0.05) is 19.3 Å². The molecule has 1 aliphatic heterocycles. The average molecular weight is 439 g/mol. The number of ether oxygens (including phenoxy) is 2. The summed E-state index contributed by atoms with van der Waals surface area (Å²) in [5, 5.41) is 2.90. The van der Waals surface area contributed by atoms with Crippen LogP contribution in [0.2, 0.25) is 0 Å². The standard InChI is InChI=1S/C22H34N2O5S/c1-28-20-14-18-9-11-24(16-19(18)15-21(20)29-2)30(26,27)12-6-10-23-22(25)13-17-7-4-3-5-8-17/h14-15,17H,3-13,16H2,1-2H3,(H,23,25). The molecule has 3 rings (SSSR count). The van der Waals surface area contributed by atoms with Gasteiger partial charge < -0.3 is 14.8 Å². The van der Waals surface area contributed by atoms with Crippen LogP contribution in [0.4, 0.5) is 0 Å². The van der Waals surface area contributed by atoms with Crippen LogP contribution < -0.4 is 14.8 Å². The molecular formula is C22H34N2O5S. The van der Waals surface area contributed by atoms with E-state index in [-0.39, 0.29) is 11.7 Å². The van der Waals surface area contributed by atoms with Crippen molar-refractivity contribution in [3.05, 3.63) is 23.3 Å². The first kappa shape index (κ1) is 22.9. The van der Waals surface area contributed by atoms with E-state index in [1.165, 1.54) is 23.6 Å². The Bertz CT molecular complexity index is 834. The Morgan fingerprint density at radius 3 is 2.43 bits per heavy atom. The molecule has 8 heteroatoms. The number of hydrogen-bond donors (Lipinski definition) is 1. The van der Waals surface area contributed by atoms with E-state index in [1.54, 1.807) is 14.2 Å². The summed E-state index contributed by atoms with van der Waals surface area (Å²) in [5.74, 6) is 1.85. The summed E-state index contributed by atoms with van der Waals surface area (Å²) in [6.07, 6.45) is 7.62. The zero-order chi connectivity index (χ0) is 21.6. The number of carbonyl (C=O) groups is 1. The van der Waals surface area contributed by atoms with Gasteiger partial charge in [0.2, 0.25) is 15.9 Å². The molecule has 1 fully saturated rings. The zero-order valence-corrected chi connectivity index (χ0v) is 18.9. The highest BCUT2D eigenvalue weighted by Crippen LogP contribution is 2.34. The Morgan fingerprint density at radius 1 is 1.10 bits per heavy atom. The molecule has 30 heavy (non-hydrogen) atoms. The van der Waals surface area contributed by atoms with Gasteiger partial charge in [0.15, 0.2) is 11.5 Å². The van der Waals surface area contributed by atoms with Gasteiger partial charge in [-0.25, -0.2) is 8.42 Å². The van der Waals surface area contributed by atoms with Gasteiger partial charge in [0.1, 0.15) is 0 Å². The normalized spacial score (nSPS) is 17.9. The van der Waals surface area contributed by atoms with Crippen molar-refractivity contribution >= 4 is 15.9 Å². The number of benzene rings is 1. The molecule has 1 aromatic carbocycles. The molecule has 0 atom stereocenters. The molecule has 0 aromatic heterocycles. The maximum Gasteiger partial charge on any atom is 0.220 e. The molecule has 1 aromatic rings. The lowest BCUT2D eigenvalue weighted by Gasteiger charge is -2.29. The van der Waals surface area contributed by atoms with E-state index < -0.39 is 10.0 Å². The van der Waals surface area contributed by atoms with Gasteiger partial charge in [-0.3, -0.25) is 4.79 Å². The second kappa shape index (κ2) is 10.5. The number of nitrogens with one attached hydrogen (secondary N) is 1. The molecule has 168 valence electrons. The topological polar surface area (TPSA) is 84.9 Å². The van der Waals surface area contributed by atoms with Gasteiger partial charge in [0, 0.05) is 26.1 Å². The smallest absolute Gasteiger partial charge is 0.220 e. The van der Waals surface area contributed by atoms with Crippen LogP contribution in [0.25, 0.3) is 0 Å². The number of rotatable bonds is 9. The van der Waals surface area contributed by atoms with E-state index in [2.05, 4.69) is 5.32 Å². The van der Waals surface area contributed by atoms with Crippen molar-refractivity contribution in [1.82, 2.24) is 9.62 Å². The van der Waals surface area contributed by atoms with Gasteiger partial charge in [-0.2, -0.15) is 4.31 Å². The quantitative estimate of drug-likeness (QED) is 0.599. The third kappa shape index (κ3) is 5.88. The van der Waals surface area contributed by atoms with Gasteiger partial charge in [-0.05, 0) is 54.9 Å². The minimum atomic E-state index is -3.38. The van der Waals surface area contributed by atoms with Crippen LogP contribution in [0.3, 0.4) is 0 Å². The molecule has 1 amide bonds. The number of hydrogen-bond acceptors (Lipinski definition) is 5. The molecule has 7 nitrogen and oxygen atoms in total. The summed E-state index contributed by atoms with van der Waals surface area (Å²) in [6, 6.07) is 3.79. The van der Waals surface area contributed by atoms with Crippen molar-refractivity contribution in [2.75, 3.05) is 33.1 Å². The first-order chi connectivity index (χ1) is 14.4. The van der Waals surface area contributed by atoms with E-state index in [9.17, 15) is 13.2 Å². The minimum absolute atomic E-state index is 0.0410. The molecule has 0 unspecified atom stereocenters. The van der Waals surface area contributed by atoms with E-state index >= 15 is 0 Å². The summed E-state index contributed by atoms with van der Waals surface area (Å²) in [7, 11) is -0.208. The molecule has 2 aliphatic rings.